The van der Waals surface area contributed by atoms with E-state index in [-0.39, 0.29) is 29.2 Å². The van der Waals surface area contributed by atoms with Gasteiger partial charge in [-0.05, 0) is 31.9 Å². The van der Waals surface area contributed by atoms with Crippen LogP contribution in [0.5, 0.6) is 0 Å². The molecule has 0 aliphatic carbocycles. The maximum Gasteiger partial charge on any atom is 0.233 e. The Balaban J connectivity index is 1.61. The fraction of sp³-hybridized carbons (Fsp3) is 0.435. The Morgan fingerprint density at radius 1 is 1.27 bits per heavy atom. The molecule has 1 fully saturated rings. The number of benzene rings is 1. The maximum atomic E-state index is 13.2. The van der Waals surface area contributed by atoms with Crippen molar-refractivity contribution < 1.29 is 17.9 Å². The molecule has 0 spiro atoms. The van der Waals surface area contributed by atoms with Crippen molar-refractivity contribution in [1.82, 2.24) is 19.5 Å². The minimum atomic E-state index is -3.10. The first-order valence-electron chi connectivity index (χ1n) is 10.8. The maximum absolute atomic E-state index is 13.2. The van der Waals surface area contributed by atoms with Crippen LogP contribution in [0.15, 0.2) is 41.6 Å². The normalized spacial score (nSPS) is 17.5. The summed E-state index contributed by atoms with van der Waals surface area (Å²) >= 11 is 1.32. The molecule has 8 nitrogen and oxygen atoms in total. The second-order valence-corrected chi connectivity index (χ2v) is 11.4. The molecule has 0 saturated carbocycles. The lowest BCUT2D eigenvalue weighted by Gasteiger charge is -2.27. The molecule has 0 bridgehead atoms. The lowest BCUT2D eigenvalue weighted by Crippen LogP contribution is -2.44. The van der Waals surface area contributed by atoms with Crippen LogP contribution >= 0.6 is 11.8 Å². The second kappa shape index (κ2) is 9.82. The summed E-state index contributed by atoms with van der Waals surface area (Å²) in [5, 5.41) is 5.29. The summed E-state index contributed by atoms with van der Waals surface area (Å²) in [5.74, 6) is 0.149. The van der Waals surface area contributed by atoms with E-state index in [9.17, 15) is 13.2 Å². The number of hydrogen-bond acceptors (Lipinski definition) is 7. The zero-order valence-corrected chi connectivity index (χ0v) is 20.7. The van der Waals surface area contributed by atoms with Crippen molar-refractivity contribution in [3.63, 3.8) is 0 Å². The summed E-state index contributed by atoms with van der Waals surface area (Å²) in [4.78, 5) is 19.7. The van der Waals surface area contributed by atoms with Gasteiger partial charge in [0.2, 0.25) is 5.91 Å². The quantitative estimate of drug-likeness (QED) is 0.450. The first kappa shape index (κ1) is 23.7. The topological polar surface area (TPSA) is 93.9 Å². The molecule has 1 atom stereocenters. The molecule has 2 aromatic heterocycles. The number of carbonyl (C=O) groups is 1. The number of hydrogen-bond donors (Lipinski definition) is 0. The van der Waals surface area contributed by atoms with Gasteiger partial charge >= 0.3 is 0 Å². The molecule has 10 heteroatoms. The molecule has 1 aliphatic rings. The SMILES string of the molecule is COCCN(C(=O)CSc1nc(-c2ccccc2)c2c(C)cc(C)nn12)[C@@H]1CCS(=O)(=O)C1. The van der Waals surface area contributed by atoms with Gasteiger partial charge < -0.3 is 9.64 Å². The fourth-order valence-corrected chi connectivity index (χ4v) is 6.79. The third-order valence-electron chi connectivity index (χ3n) is 5.76. The van der Waals surface area contributed by atoms with E-state index in [1.807, 2.05) is 54.8 Å². The van der Waals surface area contributed by atoms with E-state index in [2.05, 4.69) is 5.10 Å². The molecule has 1 aliphatic heterocycles. The van der Waals surface area contributed by atoms with Gasteiger partial charge in [-0.25, -0.2) is 17.9 Å². The number of nitrogens with zero attached hydrogens (tertiary/aromatic N) is 4. The van der Waals surface area contributed by atoms with E-state index in [1.54, 1.807) is 12.0 Å². The van der Waals surface area contributed by atoms with E-state index >= 15 is 0 Å². The van der Waals surface area contributed by atoms with Crippen LogP contribution in [0, 0.1) is 13.8 Å². The van der Waals surface area contributed by atoms with Crippen molar-refractivity contribution in [2.75, 3.05) is 37.5 Å². The first-order valence-corrected chi connectivity index (χ1v) is 13.6. The van der Waals surface area contributed by atoms with E-state index in [4.69, 9.17) is 9.72 Å². The largest absolute Gasteiger partial charge is 0.383 e. The molecule has 3 heterocycles. The highest BCUT2D eigenvalue weighted by Gasteiger charge is 2.34. The molecule has 176 valence electrons. The number of imidazole rings is 1. The van der Waals surface area contributed by atoms with Crippen molar-refractivity contribution in [1.29, 1.82) is 0 Å². The van der Waals surface area contributed by atoms with Crippen LogP contribution in [0.3, 0.4) is 0 Å². The van der Waals surface area contributed by atoms with Crippen molar-refractivity contribution in [3.8, 4) is 11.3 Å². The van der Waals surface area contributed by atoms with Gasteiger partial charge in [-0.15, -0.1) is 0 Å². The number of aromatic nitrogens is 3. The molecule has 1 saturated heterocycles. The Morgan fingerprint density at radius 2 is 2.03 bits per heavy atom. The van der Waals surface area contributed by atoms with Gasteiger partial charge in [0, 0.05) is 25.3 Å². The molecule has 33 heavy (non-hydrogen) atoms. The minimum absolute atomic E-state index is 0.0114. The number of rotatable bonds is 8. The number of fused-ring (bicyclic) bond motifs is 1. The van der Waals surface area contributed by atoms with Crippen LogP contribution in [-0.4, -0.2) is 77.4 Å². The van der Waals surface area contributed by atoms with Crippen LogP contribution < -0.4 is 0 Å². The molecule has 1 amide bonds. The monoisotopic (exact) mass is 488 g/mol. The number of carbonyl (C=O) groups excluding carboxylic acids is 1. The molecule has 3 aromatic rings. The van der Waals surface area contributed by atoms with Gasteiger partial charge in [-0.2, -0.15) is 5.10 Å². The van der Waals surface area contributed by atoms with Gasteiger partial charge in [0.05, 0.1) is 40.8 Å². The number of thioether (sulfide) groups is 1. The molecule has 0 N–H and O–H groups in total. The third kappa shape index (κ3) is 5.23. The Morgan fingerprint density at radius 3 is 2.70 bits per heavy atom. The number of methoxy groups -OCH3 is 1. The summed E-state index contributed by atoms with van der Waals surface area (Å²) in [6.45, 7) is 4.69. The van der Waals surface area contributed by atoms with Crippen LogP contribution in [-0.2, 0) is 19.4 Å². The Hall–Kier alpha value is -2.43. The number of aryl methyl sites for hydroxylation is 2. The van der Waals surface area contributed by atoms with Gasteiger partial charge in [0.1, 0.15) is 0 Å². The predicted octanol–water partition coefficient (Wildman–Crippen LogP) is 2.77. The highest BCUT2D eigenvalue weighted by Crippen LogP contribution is 2.31. The van der Waals surface area contributed by atoms with Crippen molar-refractivity contribution in [2.24, 2.45) is 0 Å². The second-order valence-electron chi connectivity index (χ2n) is 8.26. The van der Waals surface area contributed by atoms with Gasteiger partial charge in [-0.3, -0.25) is 4.79 Å². The van der Waals surface area contributed by atoms with E-state index in [1.165, 1.54) is 11.8 Å². The molecular weight excluding hydrogens is 460 g/mol. The lowest BCUT2D eigenvalue weighted by molar-refractivity contribution is -0.130. The van der Waals surface area contributed by atoms with Crippen molar-refractivity contribution in [2.45, 2.75) is 31.5 Å². The standard InChI is InChI=1S/C23H28N4O4S2/c1-16-13-17(2)25-27-22(16)21(18-7-5-4-6-8-18)24-23(27)32-14-20(28)26(10-11-31-3)19-9-12-33(29,30)15-19/h4-8,13,19H,9-12,14-15H2,1-3H3/t19-/m1/s1. The smallest absolute Gasteiger partial charge is 0.233 e. The van der Waals surface area contributed by atoms with Gasteiger partial charge in [-0.1, -0.05) is 42.1 Å². The molecule has 1 aromatic carbocycles. The summed E-state index contributed by atoms with van der Waals surface area (Å²) < 4.78 is 30.9. The average molecular weight is 489 g/mol. The first-order chi connectivity index (χ1) is 15.8. The number of amides is 1. The molecule has 0 radical (unpaired) electrons. The lowest BCUT2D eigenvalue weighted by atomic mass is 10.1. The van der Waals surface area contributed by atoms with E-state index in [0.717, 1.165) is 28.0 Å². The van der Waals surface area contributed by atoms with Crippen LogP contribution in [0.1, 0.15) is 17.7 Å². The van der Waals surface area contributed by atoms with Crippen LogP contribution in [0.4, 0.5) is 0 Å². The summed E-state index contributed by atoms with van der Waals surface area (Å²) in [5.41, 5.74) is 4.65. The summed E-state index contributed by atoms with van der Waals surface area (Å²) in [7, 11) is -1.53. The highest BCUT2D eigenvalue weighted by molar-refractivity contribution is 7.99. The minimum Gasteiger partial charge on any atom is -0.383 e. The Kier molecular flexibility index (Phi) is 7.06. The third-order valence-corrected chi connectivity index (χ3v) is 8.42. The predicted molar refractivity (Wildman–Crippen MR) is 129 cm³/mol. The van der Waals surface area contributed by atoms with Crippen molar-refractivity contribution in [3.05, 3.63) is 47.7 Å². The Labute approximate surface area is 198 Å². The van der Waals surface area contributed by atoms with E-state index < -0.39 is 9.84 Å². The number of ether oxygens (including phenoxy) is 1. The van der Waals surface area contributed by atoms with Crippen LogP contribution in [0.2, 0.25) is 0 Å². The summed E-state index contributed by atoms with van der Waals surface area (Å²) in [6.07, 6.45) is 0.465. The van der Waals surface area contributed by atoms with E-state index in [0.29, 0.717) is 24.7 Å². The zero-order valence-electron chi connectivity index (χ0n) is 19.0. The van der Waals surface area contributed by atoms with Gasteiger partial charge in [0.25, 0.3) is 0 Å². The van der Waals surface area contributed by atoms with Crippen molar-refractivity contribution >= 4 is 33.0 Å². The Bertz CT molecular complexity index is 1260. The summed E-state index contributed by atoms with van der Waals surface area (Å²) in [6, 6.07) is 11.6. The zero-order chi connectivity index (χ0) is 23.6. The van der Waals surface area contributed by atoms with Gasteiger partial charge in [0.15, 0.2) is 15.0 Å². The molecular formula is C23H28N4O4S2. The molecule has 4 rings (SSSR count). The average Bonchev–Trinajstić information content (AvgIpc) is 3.33. The molecule has 0 unspecified atom stereocenters. The number of sulfone groups is 1. The fourth-order valence-electron chi connectivity index (χ4n) is 4.23. The van der Waals surface area contributed by atoms with Crippen LogP contribution in [0.25, 0.3) is 16.8 Å². The highest BCUT2D eigenvalue weighted by atomic mass is 32.2.